The molecule has 1 aliphatic heterocycles. The van der Waals surface area contributed by atoms with Crippen molar-refractivity contribution in [3.8, 4) is 0 Å². The van der Waals surface area contributed by atoms with Gasteiger partial charge >= 0.3 is 6.18 Å². The summed E-state index contributed by atoms with van der Waals surface area (Å²) in [6, 6.07) is 2.53. The molecule has 0 bridgehead atoms. The Morgan fingerprint density at radius 2 is 2.14 bits per heavy atom. The van der Waals surface area contributed by atoms with Gasteiger partial charge in [0.2, 0.25) is 0 Å². The van der Waals surface area contributed by atoms with Crippen molar-refractivity contribution in [1.29, 1.82) is 0 Å². The maximum absolute atomic E-state index is 13.8. The molecule has 21 heavy (non-hydrogen) atoms. The summed E-state index contributed by atoms with van der Waals surface area (Å²) < 4.78 is 51.5. The Kier molecular flexibility index (Phi) is 4.48. The second-order valence-electron chi connectivity index (χ2n) is 4.87. The highest BCUT2D eigenvalue weighted by molar-refractivity contribution is 7.99. The van der Waals surface area contributed by atoms with Crippen molar-refractivity contribution in [1.82, 2.24) is 5.32 Å². The number of aliphatic hydroxyl groups is 1. The Morgan fingerprint density at radius 1 is 1.43 bits per heavy atom. The van der Waals surface area contributed by atoms with Crippen LogP contribution in [0.1, 0.15) is 22.3 Å². The maximum Gasteiger partial charge on any atom is 0.419 e. The van der Waals surface area contributed by atoms with Crippen LogP contribution in [0, 0.1) is 5.82 Å². The third kappa shape index (κ3) is 3.68. The zero-order valence-electron chi connectivity index (χ0n) is 10.8. The molecule has 3 nitrogen and oxygen atoms in total. The zero-order valence-corrected chi connectivity index (χ0v) is 11.7. The van der Waals surface area contributed by atoms with Crippen molar-refractivity contribution in [3.63, 3.8) is 0 Å². The molecule has 2 rings (SSSR count). The van der Waals surface area contributed by atoms with Gasteiger partial charge in [-0.05, 0) is 24.3 Å². The van der Waals surface area contributed by atoms with Gasteiger partial charge < -0.3 is 10.4 Å². The fraction of sp³-hybridized carbons (Fsp3) is 0.462. The first-order valence-electron chi connectivity index (χ1n) is 6.17. The Morgan fingerprint density at radius 3 is 2.71 bits per heavy atom. The van der Waals surface area contributed by atoms with Gasteiger partial charge in [0, 0.05) is 12.3 Å². The van der Waals surface area contributed by atoms with Gasteiger partial charge in [0.25, 0.3) is 5.91 Å². The Hall–Kier alpha value is -1.28. The van der Waals surface area contributed by atoms with E-state index < -0.39 is 34.6 Å². The molecule has 1 unspecified atom stereocenters. The second kappa shape index (κ2) is 5.84. The molecule has 1 fully saturated rings. The van der Waals surface area contributed by atoms with Crippen LogP contribution in [0.2, 0.25) is 0 Å². The Labute approximate surface area is 122 Å². The van der Waals surface area contributed by atoms with Gasteiger partial charge in [-0.15, -0.1) is 0 Å². The lowest BCUT2D eigenvalue weighted by Crippen LogP contribution is -2.43. The van der Waals surface area contributed by atoms with Crippen molar-refractivity contribution in [3.05, 3.63) is 35.1 Å². The molecule has 8 heteroatoms. The van der Waals surface area contributed by atoms with Crippen LogP contribution < -0.4 is 5.32 Å². The quantitative estimate of drug-likeness (QED) is 0.840. The van der Waals surface area contributed by atoms with Gasteiger partial charge in [-0.3, -0.25) is 4.79 Å². The van der Waals surface area contributed by atoms with Crippen LogP contribution in [0.25, 0.3) is 0 Å². The molecule has 1 atom stereocenters. The summed E-state index contributed by atoms with van der Waals surface area (Å²) in [4.78, 5) is 11.8. The van der Waals surface area contributed by atoms with Gasteiger partial charge in [-0.1, -0.05) is 6.07 Å². The van der Waals surface area contributed by atoms with Crippen molar-refractivity contribution >= 4 is 17.7 Å². The van der Waals surface area contributed by atoms with Crippen LogP contribution in [0.5, 0.6) is 0 Å². The van der Waals surface area contributed by atoms with E-state index in [0.717, 1.165) is 17.9 Å². The third-order valence-corrected chi connectivity index (χ3v) is 4.44. The monoisotopic (exact) mass is 323 g/mol. The van der Waals surface area contributed by atoms with E-state index in [2.05, 4.69) is 5.32 Å². The summed E-state index contributed by atoms with van der Waals surface area (Å²) in [6.07, 6.45) is -4.39. The van der Waals surface area contributed by atoms with Crippen molar-refractivity contribution in [2.45, 2.75) is 18.2 Å². The molecule has 1 aliphatic rings. The highest BCUT2D eigenvalue weighted by atomic mass is 32.2. The van der Waals surface area contributed by atoms with Gasteiger partial charge in [0.1, 0.15) is 5.82 Å². The first-order chi connectivity index (χ1) is 9.73. The van der Waals surface area contributed by atoms with Crippen LogP contribution in [0.3, 0.4) is 0 Å². The average Bonchev–Trinajstić information content (AvgIpc) is 2.82. The number of carbonyl (C=O) groups is 1. The summed E-state index contributed by atoms with van der Waals surface area (Å²) >= 11 is 1.51. The fourth-order valence-corrected chi connectivity index (χ4v) is 3.30. The zero-order chi connectivity index (χ0) is 15.7. The molecule has 1 saturated heterocycles. The van der Waals surface area contributed by atoms with Gasteiger partial charge in [0.05, 0.1) is 16.7 Å². The fourth-order valence-electron chi connectivity index (χ4n) is 2.00. The molecule has 1 aromatic carbocycles. The number of hydrogen-bond acceptors (Lipinski definition) is 3. The van der Waals surface area contributed by atoms with Crippen LogP contribution in [0.15, 0.2) is 18.2 Å². The second-order valence-corrected chi connectivity index (χ2v) is 5.98. The lowest BCUT2D eigenvalue weighted by atomic mass is 10.0. The number of thioether (sulfide) groups is 1. The summed E-state index contributed by atoms with van der Waals surface area (Å²) in [6.45, 7) is -0.117. The van der Waals surface area contributed by atoms with Crippen molar-refractivity contribution < 1.29 is 27.5 Å². The van der Waals surface area contributed by atoms with Crippen LogP contribution >= 0.6 is 11.8 Å². The van der Waals surface area contributed by atoms with Crippen LogP contribution in [-0.2, 0) is 6.18 Å². The summed E-state index contributed by atoms with van der Waals surface area (Å²) in [5.41, 5.74) is -3.25. The van der Waals surface area contributed by atoms with Crippen molar-refractivity contribution in [2.24, 2.45) is 0 Å². The molecule has 2 N–H and O–H groups in total. The number of carbonyl (C=O) groups excluding carboxylic acids is 1. The van der Waals surface area contributed by atoms with E-state index in [1.807, 2.05) is 0 Å². The lowest BCUT2D eigenvalue weighted by molar-refractivity contribution is -0.140. The van der Waals surface area contributed by atoms with E-state index in [9.17, 15) is 27.5 Å². The summed E-state index contributed by atoms with van der Waals surface area (Å²) in [5, 5.41) is 12.3. The minimum absolute atomic E-state index is 0.117. The van der Waals surface area contributed by atoms with E-state index in [4.69, 9.17) is 0 Å². The van der Waals surface area contributed by atoms with E-state index in [1.54, 1.807) is 0 Å². The number of halogens is 4. The first-order valence-corrected chi connectivity index (χ1v) is 7.32. The van der Waals surface area contributed by atoms with E-state index in [1.165, 1.54) is 11.8 Å². The molecule has 0 saturated carbocycles. The third-order valence-electron chi connectivity index (χ3n) is 3.21. The molecule has 1 aromatic rings. The van der Waals surface area contributed by atoms with E-state index in [-0.39, 0.29) is 6.54 Å². The SMILES string of the molecule is O=C(NCC1(O)CCSC1)c1cccc(C(F)(F)F)c1F. The minimum atomic E-state index is -4.86. The molecule has 0 aliphatic carbocycles. The molecule has 1 heterocycles. The van der Waals surface area contributed by atoms with Gasteiger partial charge in [-0.2, -0.15) is 24.9 Å². The Bertz CT molecular complexity index is 541. The number of nitrogens with one attached hydrogen (secondary N) is 1. The molecular formula is C13H13F4NO2S. The van der Waals surface area contributed by atoms with Crippen molar-refractivity contribution in [2.75, 3.05) is 18.1 Å². The predicted octanol–water partition coefficient (Wildman–Crippen LogP) is 2.44. The number of hydrogen-bond donors (Lipinski definition) is 2. The minimum Gasteiger partial charge on any atom is -0.387 e. The lowest BCUT2D eigenvalue weighted by Gasteiger charge is -2.21. The first kappa shape index (κ1) is 16.1. The Balaban J connectivity index is 2.13. The number of benzene rings is 1. The molecule has 0 radical (unpaired) electrons. The summed E-state index contributed by atoms with van der Waals surface area (Å²) in [5.74, 6) is -1.40. The molecule has 116 valence electrons. The number of rotatable bonds is 3. The molecular weight excluding hydrogens is 310 g/mol. The predicted molar refractivity (Wildman–Crippen MR) is 70.6 cm³/mol. The smallest absolute Gasteiger partial charge is 0.387 e. The van der Waals surface area contributed by atoms with E-state index >= 15 is 0 Å². The molecule has 0 aromatic heterocycles. The molecule has 1 amide bonds. The standard InChI is InChI=1S/C13H13F4NO2S/c14-10-8(2-1-3-9(10)13(15,16)17)11(19)18-6-12(20)4-5-21-7-12/h1-3,20H,4-7H2,(H,18,19). The highest BCUT2D eigenvalue weighted by Gasteiger charge is 2.36. The summed E-state index contributed by atoms with van der Waals surface area (Å²) in [7, 11) is 0. The maximum atomic E-state index is 13.8. The highest BCUT2D eigenvalue weighted by Crippen LogP contribution is 2.32. The van der Waals surface area contributed by atoms with E-state index in [0.29, 0.717) is 18.2 Å². The largest absolute Gasteiger partial charge is 0.419 e. The van der Waals surface area contributed by atoms with Gasteiger partial charge in [-0.25, -0.2) is 4.39 Å². The van der Waals surface area contributed by atoms with Crippen LogP contribution in [-0.4, -0.2) is 34.7 Å². The molecule has 0 spiro atoms. The normalized spacial score (nSPS) is 22.3. The number of amides is 1. The average molecular weight is 323 g/mol. The number of alkyl halides is 3. The topological polar surface area (TPSA) is 49.3 Å². The van der Waals surface area contributed by atoms with Gasteiger partial charge in [0.15, 0.2) is 0 Å². The van der Waals surface area contributed by atoms with Crippen LogP contribution in [0.4, 0.5) is 17.6 Å².